The summed E-state index contributed by atoms with van der Waals surface area (Å²) >= 11 is 0. The van der Waals surface area contributed by atoms with E-state index in [1.54, 1.807) is 12.1 Å². The number of fused-ring (bicyclic) bond motifs is 9. The van der Waals surface area contributed by atoms with E-state index in [4.69, 9.17) is 4.74 Å². The van der Waals surface area contributed by atoms with Crippen LogP contribution in [-0.4, -0.2) is 29.6 Å². The first-order valence-electron chi connectivity index (χ1n) is 8.62. The van der Waals surface area contributed by atoms with Crippen LogP contribution in [0.25, 0.3) is 0 Å². The average Bonchev–Trinajstić information content (AvgIpc) is 2.64. The molecule has 2 aliphatic rings. The number of aryl methyl sites for hydroxylation is 1. The molecule has 0 radical (unpaired) electrons. The number of carbonyl (C=O) groups is 2. The first-order valence-corrected chi connectivity index (χ1v) is 8.62. The van der Waals surface area contributed by atoms with Crippen molar-refractivity contribution in [2.24, 2.45) is 0 Å². The number of carboxylic acid groups (broad SMARTS) is 1. The summed E-state index contributed by atoms with van der Waals surface area (Å²) in [5.41, 5.74) is 2.24. The Morgan fingerprint density at radius 2 is 1.85 bits per heavy atom. The Morgan fingerprint density at radius 3 is 2.62 bits per heavy atom. The van der Waals surface area contributed by atoms with Crippen LogP contribution in [0.5, 0.6) is 5.75 Å². The Balaban J connectivity index is 1.90. The minimum Gasteiger partial charge on any atom is -0.490 e. The molecule has 0 saturated carbocycles. The van der Waals surface area contributed by atoms with Gasteiger partial charge < -0.3 is 15.2 Å². The third-order valence-electron chi connectivity index (χ3n) is 4.32. The molecule has 0 saturated heterocycles. The second-order valence-electron chi connectivity index (χ2n) is 6.19. The number of rotatable bonds is 1. The predicted octanol–water partition coefficient (Wildman–Crippen LogP) is 2.99. The summed E-state index contributed by atoms with van der Waals surface area (Å²) in [7, 11) is 0. The summed E-state index contributed by atoms with van der Waals surface area (Å²) in [6.07, 6.45) is 5.67. The maximum Gasteiger partial charge on any atom is 0.326 e. The van der Waals surface area contributed by atoms with Crippen LogP contribution in [0.15, 0.2) is 60.7 Å². The largest absolute Gasteiger partial charge is 0.490 e. The van der Waals surface area contributed by atoms with Crippen LogP contribution >= 0.6 is 0 Å². The summed E-state index contributed by atoms with van der Waals surface area (Å²) in [5.74, 6) is -0.684. The highest BCUT2D eigenvalue weighted by molar-refractivity contribution is 5.97. The lowest BCUT2D eigenvalue weighted by Crippen LogP contribution is -2.42. The zero-order valence-electron chi connectivity index (χ0n) is 14.4. The van der Waals surface area contributed by atoms with Crippen LogP contribution in [0, 0.1) is 0 Å². The molecule has 0 unspecified atom stereocenters. The van der Waals surface area contributed by atoms with Crippen molar-refractivity contribution in [2.45, 2.75) is 25.3 Å². The summed E-state index contributed by atoms with van der Waals surface area (Å²) in [6, 6.07) is 13.6. The van der Waals surface area contributed by atoms with Gasteiger partial charge in [0.1, 0.15) is 18.4 Å². The van der Waals surface area contributed by atoms with Gasteiger partial charge in [0.15, 0.2) is 0 Å². The third-order valence-corrected chi connectivity index (χ3v) is 4.32. The first kappa shape index (κ1) is 17.7. The van der Waals surface area contributed by atoms with Crippen molar-refractivity contribution in [1.82, 2.24) is 5.32 Å². The van der Waals surface area contributed by atoms with E-state index in [2.05, 4.69) is 5.32 Å². The van der Waals surface area contributed by atoms with Gasteiger partial charge >= 0.3 is 5.97 Å². The van der Waals surface area contributed by atoms with Crippen molar-refractivity contribution in [3.63, 3.8) is 0 Å². The molecule has 5 heteroatoms. The molecule has 2 bridgehead atoms. The molecule has 0 aromatic heterocycles. The zero-order valence-corrected chi connectivity index (χ0v) is 14.4. The summed E-state index contributed by atoms with van der Waals surface area (Å²) in [5, 5.41) is 12.2. The second kappa shape index (κ2) is 8.34. The minimum absolute atomic E-state index is 0.212. The molecule has 26 heavy (non-hydrogen) atoms. The average molecular weight is 351 g/mol. The molecule has 1 atom stereocenters. The molecule has 1 amide bonds. The number of nitrogens with one attached hydrogen (secondary N) is 1. The highest BCUT2D eigenvalue weighted by atomic mass is 16.5. The molecule has 0 fully saturated rings. The number of hydrogen-bond donors (Lipinski definition) is 2. The van der Waals surface area contributed by atoms with Gasteiger partial charge in [-0.15, -0.1) is 0 Å². The topological polar surface area (TPSA) is 75.6 Å². The van der Waals surface area contributed by atoms with E-state index in [1.807, 2.05) is 48.6 Å². The van der Waals surface area contributed by atoms with Crippen LogP contribution in [0.3, 0.4) is 0 Å². The Hall–Kier alpha value is -3.08. The van der Waals surface area contributed by atoms with Gasteiger partial charge in [-0.1, -0.05) is 42.5 Å². The Bertz CT molecular complexity index is 811. The number of amides is 1. The highest BCUT2D eigenvalue weighted by Crippen LogP contribution is 2.16. The van der Waals surface area contributed by atoms with Gasteiger partial charge in [0, 0.05) is 12.0 Å². The summed E-state index contributed by atoms with van der Waals surface area (Å²) < 4.78 is 5.65. The predicted molar refractivity (Wildman–Crippen MR) is 98.4 cm³/mol. The molecule has 2 aliphatic heterocycles. The standard InChI is InChI=1S/C21H21NO4/c23-20-18-8-4-3-7-16(18)6-2-1-5-13-26-17-11-9-15(10-12-17)14-19(22-20)21(24)25/h1,3-5,7-12,19H,2,6,13-14H2,(H,22,23)(H,24,25)/b5-1+/t19-/m0/s1. The van der Waals surface area contributed by atoms with E-state index in [9.17, 15) is 14.7 Å². The van der Waals surface area contributed by atoms with Crippen molar-refractivity contribution >= 4 is 11.9 Å². The number of benzene rings is 2. The van der Waals surface area contributed by atoms with Crippen molar-refractivity contribution in [3.8, 4) is 5.75 Å². The van der Waals surface area contributed by atoms with Crippen LogP contribution in [0.4, 0.5) is 0 Å². The lowest BCUT2D eigenvalue weighted by Gasteiger charge is -2.17. The molecule has 5 nitrogen and oxygen atoms in total. The van der Waals surface area contributed by atoms with E-state index in [-0.39, 0.29) is 12.3 Å². The summed E-state index contributed by atoms with van der Waals surface area (Å²) in [6.45, 7) is 0.471. The SMILES string of the molecule is O=C1N[C@H](C(=O)O)Cc2ccc(cc2)OC/C=C/CCc2ccccc21. The molecule has 2 heterocycles. The van der Waals surface area contributed by atoms with E-state index >= 15 is 0 Å². The lowest BCUT2D eigenvalue weighted by atomic mass is 10.0. The van der Waals surface area contributed by atoms with Crippen LogP contribution < -0.4 is 10.1 Å². The Kier molecular flexibility index (Phi) is 5.69. The number of carboxylic acids is 1. The molecular weight excluding hydrogens is 330 g/mol. The van der Waals surface area contributed by atoms with Gasteiger partial charge in [-0.25, -0.2) is 4.79 Å². The second-order valence-corrected chi connectivity index (χ2v) is 6.19. The fourth-order valence-electron chi connectivity index (χ4n) is 2.92. The number of hydrogen-bond acceptors (Lipinski definition) is 3. The maximum absolute atomic E-state index is 12.7. The number of ether oxygens (including phenoxy) is 1. The Morgan fingerprint density at radius 1 is 1.08 bits per heavy atom. The fourth-order valence-corrected chi connectivity index (χ4v) is 2.92. The van der Waals surface area contributed by atoms with Gasteiger partial charge in [-0.05, 0) is 42.2 Å². The van der Waals surface area contributed by atoms with Gasteiger partial charge in [-0.2, -0.15) is 0 Å². The number of aliphatic carboxylic acids is 1. The monoisotopic (exact) mass is 351 g/mol. The first-order chi connectivity index (χ1) is 12.6. The third kappa shape index (κ3) is 4.51. The van der Waals surface area contributed by atoms with Gasteiger partial charge in [0.2, 0.25) is 0 Å². The van der Waals surface area contributed by atoms with Crippen molar-refractivity contribution < 1.29 is 19.4 Å². The zero-order chi connectivity index (χ0) is 18.4. The van der Waals surface area contributed by atoms with Crippen LogP contribution in [-0.2, 0) is 17.6 Å². The molecule has 0 aliphatic carbocycles. The van der Waals surface area contributed by atoms with Crippen LogP contribution in [0.1, 0.15) is 27.9 Å². The van der Waals surface area contributed by atoms with E-state index in [0.717, 1.165) is 23.3 Å². The molecule has 134 valence electrons. The van der Waals surface area contributed by atoms with Crippen molar-refractivity contribution in [1.29, 1.82) is 0 Å². The van der Waals surface area contributed by atoms with Crippen molar-refractivity contribution in [2.75, 3.05) is 6.61 Å². The van der Waals surface area contributed by atoms with Gasteiger partial charge in [0.25, 0.3) is 5.91 Å². The molecule has 2 N–H and O–H groups in total. The molecule has 2 aromatic rings. The van der Waals surface area contributed by atoms with E-state index in [0.29, 0.717) is 18.6 Å². The molecule has 4 rings (SSSR count). The Labute approximate surface area is 152 Å². The van der Waals surface area contributed by atoms with E-state index in [1.165, 1.54) is 0 Å². The van der Waals surface area contributed by atoms with Crippen LogP contribution in [0.2, 0.25) is 0 Å². The summed E-state index contributed by atoms with van der Waals surface area (Å²) in [4.78, 5) is 24.3. The number of carbonyl (C=O) groups excluding carboxylic acids is 1. The highest BCUT2D eigenvalue weighted by Gasteiger charge is 2.22. The molecular formula is C21H21NO4. The fraction of sp³-hybridized carbons (Fsp3) is 0.238. The van der Waals surface area contributed by atoms with Crippen molar-refractivity contribution in [3.05, 3.63) is 77.4 Å². The molecule has 0 spiro atoms. The quantitative estimate of drug-likeness (QED) is 0.775. The van der Waals surface area contributed by atoms with E-state index < -0.39 is 12.0 Å². The number of allylic oxidation sites excluding steroid dienone is 1. The van der Waals surface area contributed by atoms with Gasteiger partial charge in [0.05, 0.1) is 0 Å². The smallest absolute Gasteiger partial charge is 0.326 e. The lowest BCUT2D eigenvalue weighted by molar-refractivity contribution is -0.139. The normalized spacial score (nSPS) is 19.1. The molecule has 2 aromatic carbocycles. The van der Waals surface area contributed by atoms with Gasteiger partial charge in [-0.3, -0.25) is 4.79 Å². The minimum atomic E-state index is -1.06. The maximum atomic E-state index is 12.7.